The van der Waals surface area contributed by atoms with Crippen molar-refractivity contribution in [2.75, 3.05) is 17.2 Å². The topological polar surface area (TPSA) is 111 Å². The maximum atomic E-state index is 12.6. The molecule has 172 valence electrons. The second-order valence-electron chi connectivity index (χ2n) is 7.28. The molecule has 0 aliphatic rings. The fourth-order valence-corrected chi connectivity index (χ4v) is 3.99. The molecule has 0 aliphatic heterocycles. The van der Waals surface area contributed by atoms with Gasteiger partial charge in [0, 0.05) is 24.1 Å². The summed E-state index contributed by atoms with van der Waals surface area (Å²) in [6.45, 7) is 0.982. The van der Waals surface area contributed by atoms with Gasteiger partial charge in [0.2, 0.25) is 5.91 Å². The number of oxazole rings is 1. The van der Waals surface area contributed by atoms with Gasteiger partial charge in [-0.05, 0) is 48.0 Å². The Bertz CT molecular complexity index is 1300. The van der Waals surface area contributed by atoms with Crippen LogP contribution in [0.25, 0.3) is 11.1 Å². The Kier molecular flexibility index (Phi) is 7.24. The fourth-order valence-electron chi connectivity index (χ4n) is 3.14. The lowest BCUT2D eigenvalue weighted by atomic mass is 10.1. The van der Waals surface area contributed by atoms with E-state index in [9.17, 15) is 14.4 Å². The highest BCUT2D eigenvalue weighted by atomic mass is 32.2. The maximum Gasteiger partial charge on any atom is 0.338 e. The zero-order chi connectivity index (χ0) is 23.9. The van der Waals surface area contributed by atoms with Gasteiger partial charge < -0.3 is 19.8 Å². The zero-order valence-electron chi connectivity index (χ0n) is 18.2. The average Bonchev–Trinajstić information content (AvgIpc) is 3.25. The highest BCUT2D eigenvalue weighted by Gasteiger charge is 2.16. The minimum atomic E-state index is -0.593. The number of esters is 1. The van der Waals surface area contributed by atoms with Crippen LogP contribution < -0.4 is 10.6 Å². The molecule has 0 bridgehead atoms. The predicted molar refractivity (Wildman–Crippen MR) is 130 cm³/mol. The lowest BCUT2D eigenvalue weighted by Crippen LogP contribution is -2.21. The highest BCUT2D eigenvalue weighted by molar-refractivity contribution is 7.98. The molecule has 0 spiro atoms. The van der Waals surface area contributed by atoms with E-state index in [4.69, 9.17) is 9.15 Å². The van der Waals surface area contributed by atoms with Gasteiger partial charge in [0.1, 0.15) is 5.52 Å². The summed E-state index contributed by atoms with van der Waals surface area (Å²) in [7, 11) is 0. The van der Waals surface area contributed by atoms with Gasteiger partial charge in [-0.15, -0.1) is 0 Å². The summed E-state index contributed by atoms with van der Waals surface area (Å²) in [5.74, 6) is -0.801. The molecule has 0 saturated carbocycles. The van der Waals surface area contributed by atoms with Gasteiger partial charge in [0.05, 0.1) is 5.56 Å². The molecule has 0 fully saturated rings. The Morgan fingerprint density at radius 3 is 2.32 bits per heavy atom. The standard InChI is InChI=1S/C25H21N3O5S/c1-16(29)26-18-10-12-19(13-11-18)27-23(30)14-32-24(31)20-7-3-2-6-17(20)15-34-25-28-21-8-4-5-9-22(21)33-25/h2-13H,14-15H2,1H3,(H,26,29)(H,27,30). The van der Waals surface area contributed by atoms with Crippen LogP contribution in [0.5, 0.6) is 0 Å². The number of ether oxygens (including phenoxy) is 1. The first-order valence-electron chi connectivity index (χ1n) is 10.4. The molecule has 0 atom stereocenters. The van der Waals surface area contributed by atoms with Crippen LogP contribution in [0.1, 0.15) is 22.8 Å². The quantitative estimate of drug-likeness (QED) is 0.276. The molecule has 2 amide bonds. The van der Waals surface area contributed by atoms with E-state index in [0.29, 0.717) is 33.5 Å². The minimum absolute atomic E-state index is 0.184. The molecule has 8 nitrogen and oxygen atoms in total. The van der Waals surface area contributed by atoms with Crippen LogP contribution in [0, 0.1) is 0 Å². The summed E-state index contributed by atoms with van der Waals surface area (Å²) >= 11 is 1.37. The fraction of sp³-hybridized carbons (Fsp3) is 0.120. The lowest BCUT2D eigenvalue weighted by Gasteiger charge is -2.10. The number of aromatic nitrogens is 1. The Hall–Kier alpha value is -4.11. The molecular formula is C25H21N3O5S. The van der Waals surface area contributed by atoms with Gasteiger partial charge >= 0.3 is 5.97 Å². The maximum absolute atomic E-state index is 12.6. The monoisotopic (exact) mass is 475 g/mol. The Morgan fingerprint density at radius 1 is 0.912 bits per heavy atom. The smallest absolute Gasteiger partial charge is 0.338 e. The van der Waals surface area contributed by atoms with E-state index in [-0.39, 0.29) is 5.91 Å². The molecule has 0 aliphatic carbocycles. The number of amides is 2. The SMILES string of the molecule is CC(=O)Nc1ccc(NC(=O)COC(=O)c2ccccc2CSc2nc3ccccc3o2)cc1. The number of hydrogen-bond acceptors (Lipinski definition) is 7. The van der Waals surface area contributed by atoms with Gasteiger partial charge in [-0.3, -0.25) is 9.59 Å². The van der Waals surface area contributed by atoms with Crippen molar-refractivity contribution in [3.8, 4) is 0 Å². The van der Waals surface area contributed by atoms with E-state index in [1.165, 1.54) is 18.7 Å². The van der Waals surface area contributed by atoms with Crippen LogP contribution in [-0.2, 0) is 20.1 Å². The van der Waals surface area contributed by atoms with Crippen LogP contribution in [0.2, 0.25) is 0 Å². The van der Waals surface area contributed by atoms with E-state index in [0.717, 1.165) is 11.1 Å². The number of nitrogens with one attached hydrogen (secondary N) is 2. The van der Waals surface area contributed by atoms with Gasteiger partial charge in [-0.2, -0.15) is 0 Å². The molecule has 4 aromatic rings. The molecule has 3 aromatic carbocycles. The third kappa shape index (κ3) is 6.02. The predicted octanol–water partition coefficient (Wildman–Crippen LogP) is 4.87. The van der Waals surface area contributed by atoms with Crippen LogP contribution >= 0.6 is 11.8 Å². The van der Waals surface area contributed by atoms with Crippen molar-refractivity contribution in [1.82, 2.24) is 4.98 Å². The van der Waals surface area contributed by atoms with Crippen molar-refractivity contribution in [3.63, 3.8) is 0 Å². The summed E-state index contributed by atoms with van der Waals surface area (Å²) in [6, 6.07) is 21.1. The Labute approximate surface area is 199 Å². The van der Waals surface area contributed by atoms with Gasteiger partial charge in [0.25, 0.3) is 11.1 Å². The van der Waals surface area contributed by atoms with Crippen LogP contribution in [0.4, 0.5) is 11.4 Å². The third-order valence-corrected chi connectivity index (χ3v) is 5.56. The number of nitrogens with zero attached hydrogens (tertiary/aromatic N) is 1. The number of hydrogen-bond donors (Lipinski definition) is 2. The van der Waals surface area contributed by atoms with E-state index >= 15 is 0 Å². The van der Waals surface area contributed by atoms with Crippen molar-refractivity contribution >= 4 is 52.0 Å². The van der Waals surface area contributed by atoms with Crippen LogP contribution in [0.3, 0.4) is 0 Å². The lowest BCUT2D eigenvalue weighted by molar-refractivity contribution is -0.119. The molecule has 1 heterocycles. The Morgan fingerprint density at radius 2 is 1.59 bits per heavy atom. The summed E-state index contributed by atoms with van der Waals surface area (Å²) in [4.78, 5) is 40.3. The first-order chi connectivity index (χ1) is 16.5. The largest absolute Gasteiger partial charge is 0.452 e. The number of fused-ring (bicyclic) bond motifs is 1. The normalized spacial score (nSPS) is 10.6. The highest BCUT2D eigenvalue weighted by Crippen LogP contribution is 2.27. The number of thioether (sulfide) groups is 1. The van der Waals surface area contributed by atoms with Gasteiger partial charge in [-0.1, -0.05) is 42.1 Å². The van der Waals surface area contributed by atoms with Crippen molar-refractivity contribution in [2.24, 2.45) is 0 Å². The molecule has 4 rings (SSSR count). The van der Waals surface area contributed by atoms with E-state index in [1.54, 1.807) is 36.4 Å². The second kappa shape index (κ2) is 10.7. The summed E-state index contributed by atoms with van der Waals surface area (Å²) < 4.78 is 10.9. The molecule has 2 N–H and O–H groups in total. The number of rotatable bonds is 8. The number of benzene rings is 3. The van der Waals surface area contributed by atoms with E-state index < -0.39 is 18.5 Å². The summed E-state index contributed by atoms with van der Waals surface area (Å²) in [5.41, 5.74) is 3.73. The minimum Gasteiger partial charge on any atom is -0.452 e. The molecular weight excluding hydrogens is 454 g/mol. The molecule has 0 radical (unpaired) electrons. The second-order valence-corrected chi connectivity index (χ2v) is 8.20. The summed E-state index contributed by atoms with van der Waals surface area (Å²) in [6.07, 6.45) is 0. The van der Waals surface area contributed by atoms with E-state index in [1.807, 2.05) is 36.4 Å². The molecule has 0 saturated heterocycles. The Balaban J connectivity index is 1.32. The first kappa shape index (κ1) is 23.1. The van der Waals surface area contributed by atoms with E-state index in [2.05, 4.69) is 15.6 Å². The number of carbonyl (C=O) groups excluding carboxylic acids is 3. The molecule has 34 heavy (non-hydrogen) atoms. The average molecular weight is 476 g/mol. The van der Waals surface area contributed by atoms with Crippen molar-refractivity contribution < 1.29 is 23.5 Å². The molecule has 1 aromatic heterocycles. The molecule has 9 heteroatoms. The van der Waals surface area contributed by atoms with Gasteiger partial charge in [0.15, 0.2) is 12.2 Å². The van der Waals surface area contributed by atoms with Crippen molar-refractivity contribution in [2.45, 2.75) is 17.9 Å². The van der Waals surface area contributed by atoms with Crippen LogP contribution in [0.15, 0.2) is 82.4 Å². The third-order valence-electron chi connectivity index (χ3n) is 4.69. The number of carbonyl (C=O) groups is 3. The van der Waals surface area contributed by atoms with Crippen molar-refractivity contribution in [1.29, 1.82) is 0 Å². The summed E-state index contributed by atoms with van der Waals surface area (Å²) in [5, 5.41) is 5.80. The van der Waals surface area contributed by atoms with Gasteiger partial charge in [-0.25, -0.2) is 9.78 Å². The van der Waals surface area contributed by atoms with Crippen LogP contribution in [-0.4, -0.2) is 29.4 Å². The first-order valence-corrected chi connectivity index (χ1v) is 11.4. The number of anilines is 2. The number of para-hydroxylation sites is 2. The zero-order valence-corrected chi connectivity index (χ0v) is 19.1. The van der Waals surface area contributed by atoms with Crippen molar-refractivity contribution in [3.05, 3.63) is 83.9 Å². The molecule has 0 unspecified atom stereocenters.